The van der Waals surface area contributed by atoms with Gasteiger partial charge >= 0.3 is 5.97 Å². The zero-order chi connectivity index (χ0) is 24.0. The molecule has 33 heavy (non-hydrogen) atoms. The van der Waals surface area contributed by atoms with Crippen LogP contribution in [0.2, 0.25) is 0 Å². The van der Waals surface area contributed by atoms with Crippen molar-refractivity contribution < 1.29 is 22.7 Å². The monoisotopic (exact) mass is 468 g/mol. The van der Waals surface area contributed by atoms with Crippen LogP contribution in [0.25, 0.3) is 16.9 Å². The summed E-state index contributed by atoms with van der Waals surface area (Å²) in [7, 11) is -3.81. The molecule has 0 radical (unpaired) electrons. The Morgan fingerprint density at radius 3 is 2.48 bits per heavy atom. The molecule has 1 aliphatic rings. The average Bonchev–Trinajstić information content (AvgIpc) is 3.10. The number of aromatic nitrogens is 1. The van der Waals surface area contributed by atoms with E-state index in [0.717, 1.165) is 29.0 Å². The fraction of sp³-hybridized carbons (Fsp3) is 0.320. The Kier molecular flexibility index (Phi) is 5.84. The molecule has 0 saturated carbocycles. The largest absolute Gasteiger partial charge is 0.493 e. The number of hydrogen-bond acceptors (Lipinski definition) is 5. The third kappa shape index (κ3) is 4.28. The SMILES string of the molecule is CCOC(=O)c1cc(-c2ccc3c(c2)C(C)(C)CCO3)n(-c2ccc(S(N)(=O)=O)cc2)c1C. The van der Waals surface area contributed by atoms with Gasteiger partial charge in [0.15, 0.2) is 0 Å². The third-order valence-electron chi connectivity index (χ3n) is 6.16. The Labute approximate surface area is 194 Å². The van der Waals surface area contributed by atoms with Crippen molar-refractivity contribution in [1.29, 1.82) is 0 Å². The second kappa shape index (κ2) is 8.35. The molecule has 0 atom stereocenters. The van der Waals surface area contributed by atoms with Gasteiger partial charge in [0.25, 0.3) is 0 Å². The van der Waals surface area contributed by atoms with Crippen molar-refractivity contribution in [2.24, 2.45) is 5.14 Å². The molecule has 0 unspecified atom stereocenters. The summed E-state index contributed by atoms with van der Waals surface area (Å²) in [6.07, 6.45) is 0.909. The van der Waals surface area contributed by atoms with Crippen LogP contribution in [0, 0.1) is 6.92 Å². The summed E-state index contributed by atoms with van der Waals surface area (Å²) in [6.45, 7) is 8.94. The standard InChI is InChI=1S/C25H28N2O5S/c1-5-31-24(28)20-15-22(17-6-11-23-21(14-17)25(3,4)12-13-32-23)27(16(20)2)18-7-9-19(10-8-18)33(26,29)30/h6-11,14-15H,5,12-13H2,1-4H3,(H2,26,29,30). The van der Waals surface area contributed by atoms with Gasteiger partial charge in [-0.3, -0.25) is 0 Å². The molecular formula is C25H28N2O5S. The predicted octanol–water partition coefficient (Wildman–Crippen LogP) is 4.34. The fourth-order valence-corrected chi connectivity index (χ4v) is 4.76. The van der Waals surface area contributed by atoms with E-state index < -0.39 is 16.0 Å². The number of fused-ring (bicyclic) bond motifs is 1. The van der Waals surface area contributed by atoms with Crippen LogP contribution in [0.1, 0.15) is 48.8 Å². The van der Waals surface area contributed by atoms with Crippen LogP contribution in [0.4, 0.5) is 0 Å². The Morgan fingerprint density at radius 2 is 1.85 bits per heavy atom. The molecule has 0 amide bonds. The van der Waals surface area contributed by atoms with Crippen molar-refractivity contribution in [2.75, 3.05) is 13.2 Å². The smallest absolute Gasteiger partial charge is 0.339 e. The Balaban J connectivity index is 1.91. The first-order valence-electron chi connectivity index (χ1n) is 10.8. The van der Waals surface area contributed by atoms with Gasteiger partial charge in [0.1, 0.15) is 5.75 Å². The van der Waals surface area contributed by atoms with Gasteiger partial charge in [-0.15, -0.1) is 0 Å². The van der Waals surface area contributed by atoms with E-state index in [1.165, 1.54) is 12.1 Å². The second-order valence-electron chi connectivity index (χ2n) is 8.82. The minimum atomic E-state index is -3.81. The third-order valence-corrected chi connectivity index (χ3v) is 7.08. The number of hydrogen-bond donors (Lipinski definition) is 1. The minimum Gasteiger partial charge on any atom is -0.493 e. The summed E-state index contributed by atoms with van der Waals surface area (Å²) in [5.41, 5.74) is 4.63. The van der Waals surface area contributed by atoms with E-state index >= 15 is 0 Å². The molecule has 0 spiro atoms. The molecule has 2 aromatic carbocycles. The molecule has 7 nitrogen and oxygen atoms in total. The van der Waals surface area contributed by atoms with Crippen molar-refractivity contribution in [2.45, 2.75) is 44.4 Å². The maximum absolute atomic E-state index is 12.7. The number of esters is 1. The molecule has 2 N–H and O–H groups in total. The van der Waals surface area contributed by atoms with E-state index in [-0.39, 0.29) is 16.9 Å². The van der Waals surface area contributed by atoms with Crippen LogP contribution in [0.3, 0.4) is 0 Å². The zero-order valence-corrected chi connectivity index (χ0v) is 20.0. The van der Waals surface area contributed by atoms with Crippen molar-refractivity contribution in [1.82, 2.24) is 4.57 Å². The average molecular weight is 469 g/mol. The van der Waals surface area contributed by atoms with Crippen LogP contribution >= 0.6 is 0 Å². The minimum absolute atomic E-state index is 0.0240. The maximum atomic E-state index is 12.7. The number of nitrogens with zero attached hydrogens (tertiary/aromatic N) is 1. The van der Waals surface area contributed by atoms with Crippen molar-refractivity contribution >= 4 is 16.0 Å². The molecule has 1 aliphatic heterocycles. The lowest BCUT2D eigenvalue weighted by Gasteiger charge is -2.32. The fourth-order valence-electron chi connectivity index (χ4n) is 4.25. The van der Waals surface area contributed by atoms with Gasteiger partial charge in [-0.1, -0.05) is 13.8 Å². The van der Waals surface area contributed by atoms with Crippen LogP contribution in [0.15, 0.2) is 53.4 Å². The van der Waals surface area contributed by atoms with Crippen molar-refractivity contribution in [3.05, 3.63) is 65.4 Å². The molecule has 8 heteroatoms. The molecule has 0 saturated heterocycles. The normalized spacial score (nSPS) is 14.9. The summed E-state index contributed by atoms with van der Waals surface area (Å²) in [5, 5.41) is 5.26. The quantitative estimate of drug-likeness (QED) is 0.562. The molecule has 3 aromatic rings. The summed E-state index contributed by atoms with van der Waals surface area (Å²) >= 11 is 0. The number of nitrogens with two attached hydrogens (primary N) is 1. The van der Waals surface area contributed by atoms with E-state index in [0.29, 0.717) is 23.6 Å². The summed E-state index contributed by atoms with van der Waals surface area (Å²) in [5.74, 6) is 0.464. The van der Waals surface area contributed by atoms with E-state index in [2.05, 4.69) is 19.9 Å². The highest BCUT2D eigenvalue weighted by atomic mass is 32.2. The summed E-state index contributed by atoms with van der Waals surface area (Å²) in [6, 6.07) is 14.1. The van der Waals surface area contributed by atoms with Gasteiger partial charge in [-0.05, 0) is 79.8 Å². The molecule has 0 aliphatic carbocycles. The topological polar surface area (TPSA) is 101 Å². The van der Waals surface area contributed by atoms with Gasteiger partial charge < -0.3 is 14.0 Å². The first-order chi connectivity index (χ1) is 15.5. The first kappa shape index (κ1) is 23.1. The van der Waals surface area contributed by atoms with Crippen LogP contribution in [-0.4, -0.2) is 32.2 Å². The van der Waals surface area contributed by atoms with Crippen molar-refractivity contribution in [3.63, 3.8) is 0 Å². The zero-order valence-electron chi connectivity index (χ0n) is 19.2. The van der Waals surface area contributed by atoms with E-state index in [4.69, 9.17) is 14.6 Å². The number of ether oxygens (including phenoxy) is 2. The second-order valence-corrected chi connectivity index (χ2v) is 10.4. The maximum Gasteiger partial charge on any atom is 0.339 e. The van der Waals surface area contributed by atoms with Crippen molar-refractivity contribution in [3.8, 4) is 22.7 Å². The van der Waals surface area contributed by atoms with Gasteiger partial charge in [0.2, 0.25) is 10.0 Å². The van der Waals surface area contributed by atoms with E-state index in [1.54, 1.807) is 19.1 Å². The van der Waals surface area contributed by atoms with Gasteiger partial charge in [-0.2, -0.15) is 0 Å². The first-order valence-corrected chi connectivity index (χ1v) is 12.4. The highest BCUT2D eigenvalue weighted by molar-refractivity contribution is 7.89. The molecule has 4 rings (SSSR count). The highest BCUT2D eigenvalue weighted by Crippen LogP contribution is 2.41. The van der Waals surface area contributed by atoms with Gasteiger partial charge in [0.05, 0.1) is 29.4 Å². The van der Waals surface area contributed by atoms with Crippen LogP contribution < -0.4 is 9.88 Å². The Bertz CT molecular complexity index is 1320. The lowest BCUT2D eigenvalue weighted by Crippen LogP contribution is -2.26. The Hall–Kier alpha value is -3.10. The summed E-state index contributed by atoms with van der Waals surface area (Å²) in [4.78, 5) is 12.7. The number of primary sulfonamides is 1. The number of rotatable bonds is 5. The predicted molar refractivity (Wildman–Crippen MR) is 126 cm³/mol. The lowest BCUT2D eigenvalue weighted by atomic mass is 9.79. The molecular weight excluding hydrogens is 440 g/mol. The number of carbonyl (C=O) groups is 1. The van der Waals surface area contributed by atoms with Gasteiger partial charge in [-0.25, -0.2) is 18.4 Å². The van der Waals surface area contributed by atoms with E-state index in [9.17, 15) is 13.2 Å². The van der Waals surface area contributed by atoms with Gasteiger partial charge in [0, 0.05) is 16.9 Å². The number of sulfonamides is 1. The molecule has 2 heterocycles. The van der Waals surface area contributed by atoms with E-state index in [1.807, 2.05) is 29.7 Å². The highest BCUT2D eigenvalue weighted by Gasteiger charge is 2.30. The molecule has 1 aromatic heterocycles. The molecule has 174 valence electrons. The summed E-state index contributed by atoms with van der Waals surface area (Å²) < 4.78 is 36.4. The number of carbonyl (C=O) groups excluding carboxylic acids is 1. The Morgan fingerprint density at radius 1 is 1.15 bits per heavy atom. The van der Waals surface area contributed by atoms with Crippen LogP contribution in [0.5, 0.6) is 5.75 Å². The molecule has 0 fully saturated rings. The number of benzene rings is 2. The van der Waals surface area contributed by atoms with Crippen LogP contribution in [-0.2, 0) is 20.2 Å². The molecule has 0 bridgehead atoms. The lowest BCUT2D eigenvalue weighted by molar-refractivity contribution is 0.0525.